The minimum atomic E-state index is -1.15. The first-order valence-electron chi connectivity index (χ1n) is 11.9. The molecule has 39 heavy (non-hydrogen) atoms. The summed E-state index contributed by atoms with van der Waals surface area (Å²) < 4.78 is 28.1. The van der Waals surface area contributed by atoms with Gasteiger partial charge in [0.1, 0.15) is 6.61 Å². The van der Waals surface area contributed by atoms with Gasteiger partial charge in [-0.1, -0.05) is 6.07 Å². The Bertz CT molecular complexity index is 1270. The number of methoxy groups -OCH3 is 3. The minimum absolute atomic E-state index is 0.153. The second-order valence-corrected chi connectivity index (χ2v) is 9.39. The Morgan fingerprint density at radius 3 is 2.59 bits per heavy atom. The second-order valence-electron chi connectivity index (χ2n) is 8.15. The Morgan fingerprint density at radius 2 is 1.92 bits per heavy atom. The first-order valence-corrected chi connectivity index (χ1v) is 12.9. The molecule has 1 aliphatic rings. The second kappa shape index (κ2) is 13.9. The number of carbonyl (C=O) groups excluding carboxylic acids is 2. The van der Waals surface area contributed by atoms with Crippen LogP contribution in [0.3, 0.4) is 0 Å². The van der Waals surface area contributed by atoms with Crippen molar-refractivity contribution in [3.8, 4) is 23.0 Å². The summed E-state index contributed by atoms with van der Waals surface area (Å²) in [6.45, 7) is 3.62. The molecule has 0 fully saturated rings. The first kappa shape index (κ1) is 29.8. The Kier molecular flexibility index (Phi) is 10.6. The summed E-state index contributed by atoms with van der Waals surface area (Å²) in [6, 6.07) is 7.49. The standard InChI is InChI=1S/C26H31IN4O8/c1-6-38-19-10-15(23-22(25(33)37-5)14(2)29-26(34)30-23)7-8-18(19)39-13-21(32)31-28-12-16-9-17(27)11-20(35-3)24(16)36-4/h7-12,21,23,31-32H,6,13H2,1-5H3,(H2,29,30,34)/b28-12+/t21-,23-/m1/s1. The average molecular weight is 654 g/mol. The zero-order valence-corrected chi connectivity index (χ0v) is 24.3. The molecule has 1 heterocycles. The van der Waals surface area contributed by atoms with E-state index >= 15 is 0 Å². The number of rotatable bonds is 12. The highest BCUT2D eigenvalue weighted by Crippen LogP contribution is 2.35. The highest BCUT2D eigenvalue weighted by atomic mass is 127. The van der Waals surface area contributed by atoms with Crippen LogP contribution in [0.25, 0.3) is 0 Å². The van der Waals surface area contributed by atoms with E-state index < -0.39 is 24.3 Å². The number of hydrogen-bond donors (Lipinski definition) is 4. The lowest BCUT2D eigenvalue weighted by molar-refractivity contribution is -0.136. The molecule has 0 unspecified atom stereocenters. The van der Waals surface area contributed by atoms with Crippen molar-refractivity contribution < 1.29 is 38.4 Å². The van der Waals surface area contributed by atoms with Crippen LogP contribution in [-0.4, -0.2) is 64.1 Å². The van der Waals surface area contributed by atoms with Gasteiger partial charge in [0.15, 0.2) is 29.2 Å². The van der Waals surface area contributed by atoms with Gasteiger partial charge >= 0.3 is 12.0 Å². The van der Waals surface area contributed by atoms with Crippen molar-refractivity contribution in [2.24, 2.45) is 5.10 Å². The van der Waals surface area contributed by atoms with Gasteiger partial charge in [0.05, 0.1) is 45.8 Å². The van der Waals surface area contributed by atoms with Crippen LogP contribution in [0.1, 0.15) is 31.0 Å². The van der Waals surface area contributed by atoms with Crippen LogP contribution in [-0.2, 0) is 9.53 Å². The van der Waals surface area contributed by atoms with E-state index in [2.05, 4.69) is 43.8 Å². The van der Waals surface area contributed by atoms with Crippen molar-refractivity contribution in [1.29, 1.82) is 0 Å². The number of allylic oxidation sites excluding steroid dienone is 1. The summed E-state index contributed by atoms with van der Waals surface area (Å²) in [5, 5.41) is 19.8. The van der Waals surface area contributed by atoms with Crippen molar-refractivity contribution in [2.75, 3.05) is 34.5 Å². The summed E-state index contributed by atoms with van der Waals surface area (Å²) >= 11 is 2.16. The fraction of sp³-hybridized carbons (Fsp3) is 0.346. The van der Waals surface area contributed by atoms with Crippen molar-refractivity contribution in [2.45, 2.75) is 26.1 Å². The summed E-state index contributed by atoms with van der Waals surface area (Å²) in [7, 11) is 4.36. The van der Waals surface area contributed by atoms with Gasteiger partial charge in [-0.2, -0.15) is 5.10 Å². The maximum absolute atomic E-state index is 12.4. The molecular formula is C26H31IN4O8. The number of nitrogens with one attached hydrogen (secondary N) is 3. The van der Waals surface area contributed by atoms with Gasteiger partial charge in [-0.25, -0.2) is 9.59 Å². The number of benzene rings is 2. The number of ether oxygens (including phenoxy) is 5. The van der Waals surface area contributed by atoms with E-state index in [1.165, 1.54) is 20.4 Å². The van der Waals surface area contributed by atoms with E-state index in [9.17, 15) is 14.7 Å². The van der Waals surface area contributed by atoms with Crippen molar-refractivity contribution in [1.82, 2.24) is 16.1 Å². The van der Waals surface area contributed by atoms with E-state index in [1.807, 2.05) is 19.1 Å². The molecule has 13 heteroatoms. The zero-order chi connectivity index (χ0) is 28.5. The van der Waals surface area contributed by atoms with Crippen LogP contribution in [0.2, 0.25) is 0 Å². The first-order chi connectivity index (χ1) is 18.7. The molecule has 0 aliphatic carbocycles. The van der Waals surface area contributed by atoms with Crippen LogP contribution in [0.4, 0.5) is 4.79 Å². The molecule has 1 aliphatic heterocycles. The number of esters is 1. The topological polar surface area (TPSA) is 149 Å². The Morgan fingerprint density at radius 1 is 1.15 bits per heavy atom. The van der Waals surface area contributed by atoms with Crippen molar-refractivity contribution in [3.63, 3.8) is 0 Å². The van der Waals surface area contributed by atoms with E-state index in [-0.39, 0.29) is 12.2 Å². The van der Waals surface area contributed by atoms with Crippen molar-refractivity contribution >= 4 is 40.8 Å². The molecule has 2 atom stereocenters. The quantitative estimate of drug-likeness (QED) is 0.0892. The van der Waals surface area contributed by atoms with Gasteiger partial charge in [-0.05, 0) is 66.3 Å². The van der Waals surface area contributed by atoms with Crippen LogP contribution in [0, 0.1) is 3.57 Å². The maximum atomic E-state index is 12.4. The molecule has 210 valence electrons. The molecule has 12 nitrogen and oxygen atoms in total. The third kappa shape index (κ3) is 7.44. The number of aliphatic hydroxyl groups is 1. The number of amides is 2. The molecule has 0 aromatic heterocycles. The number of halogens is 1. The molecule has 2 aromatic rings. The summed E-state index contributed by atoms with van der Waals surface area (Å²) in [5.41, 5.74) is 4.52. The summed E-state index contributed by atoms with van der Waals surface area (Å²) in [4.78, 5) is 24.5. The largest absolute Gasteiger partial charge is 0.493 e. The molecule has 0 spiro atoms. The number of hydrogen-bond acceptors (Lipinski definition) is 10. The Balaban J connectivity index is 1.72. The van der Waals surface area contributed by atoms with Gasteiger partial charge in [-0.15, -0.1) is 0 Å². The molecule has 0 saturated heterocycles. The van der Waals surface area contributed by atoms with Gasteiger partial charge in [-0.3, -0.25) is 5.43 Å². The SMILES string of the molecule is CCOc1cc([C@H]2NC(=O)NC(C)=C2C(=O)OC)ccc1OC[C@@H](O)N/N=C/c1cc(I)cc(OC)c1OC. The Hall–Kier alpha value is -3.72. The average Bonchev–Trinajstić information content (AvgIpc) is 2.91. The highest BCUT2D eigenvalue weighted by molar-refractivity contribution is 14.1. The normalized spacial score (nSPS) is 15.8. The Labute approximate surface area is 239 Å². The van der Waals surface area contributed by atoms with Gasteiger partial charge in [0, 0.05) is 14.8 Å². The molecular weight excluding hydrogens is 623 g/mol. The number of carbonyl (C=O) groups is 2. The predicted molar refractivity (Wildman–Crippen MR) is 151 cm³/mol. The fourth-order valence-electron chi connectivity index (χ4n) is 3.87. The third-order valence-electron chi connectivity index (χ3n) is 5.57. The molecule has 3 rings (SSSR count). The van der Waals surface area contributed by atoms with Gasteiger partial charge in [0.25, 0.3) is 0 Å². The van der Waals surface area contributed by atoms with Crippen LogP contribution in [0.5, 0.6) is 23.0 Å². The van der Waals surface area contributed by atoms with E-state index in [1.54, 1.807) is 32.2 Å². The number of aliphatic hydroxyl groups excluding tert-OH is 1. The highest BCUT2D eigenvalue weighted by Gasteiger charge is 2.32. The number of nitrogens with zero attached hydrogens (tertiary/aromatic N) is 1. The van der Waals surface area contributed by atoms with E-state index in [4.69, 9.17) is 23.7 Å². The zero-order valence-electron chi connectivity index (χ0n) is 22.2. The van der Waals surface area contributed by atoms with Gasteiger partial charge in [0.2, 0.25) is 0 Å². The number of hydrazone groups is 1. The van der Waals surface area contributed by atoms with E-state index in [0.29, 0.717) is 46.4 Å². The summed E-state index contributed by atoms with van der Waals surface area (Å²) in [6.07, 6.45) is 0.362. The van der Waals surface area contributed by atoms with Gasteiger partial charge < -0.3 is 39.4 Å². The lowest BCUT2D eigenvalue weighted by atomic mass is 9.95. The van der Waals surface area contributed by atoms with Crippen LogP contribution < -0.4 is 35.0 Å². The molecule has 2 amide bonds. The fourth-order valence-corrected chi connectivity index (χ4v) is 4.49. The molecule has 4 N–H and O–H groups in total. The van der Waals surface area contributed by atoms with Crippen LogP contribution >= 0.6 is 22.6 Å². The molecule has 0 bridgehead atoms. The monoisotopic (exact) mass is 654 g/mol. The van der Waals surface area contributed by atoms with E-state index in [0.717, 1.165) is 3.57 Å². The minimum Gasteiger partial charge on any atom is -0.493 e. The van der Waals surface area contributed by atoms with Crippen LogP contribution in [0.15, 0.2) is 46.7 Å². The predicted octanol–water partition coefficient (Wildman–Crippen LogP) is 2.83. The molecule has 0 saturated carbocycles. The number of urea groups is 1. The van der Waals surface area contributed by atoms with Crippen molar-refractivity contribution in [3.05, 3.63) is 56.3 Å². The third-order valence-corrected chi connectivity index (χ3v) is 6.19. The lowest BCUT2D eigenvalue weighted by Crippen LogP contribution is -2.45. The smallest absolute Gasteiger partial charge is 0.337 e. The maximum Gasteiger partial charge on any atom is 0.337 e. The lowest BCUT2D eigenvalue weighted by Gasteiger charge is -2.28. The molecule has 2 aromatic carbocycles. The summed E-state index contributed by atoms with van der Waals surface area (Å²) in [5.74, 6) is 1.24. The molecule has 0 radical (unpaired) electrons.